The zero-order chi connectivity index (χ0) is 16.4. The summed E-state index contributed by atoms with van der Waals surface area (Å²) in [5, 5.41) is 2.40. The molecule has 2 atom stereocenters. The summed E-state index contributed by atoms with van der Waals surface area (Å²) in [6, 6.07) is -2.05. The lowest BCUT2D eigenvalue weighted by atomic mass is 10.1. The Morgan fingerprint density at radius 3 is 2.29 bits per heavy atom. The van der Waals surface area contributed by atoms with E-state index in [0.717, 1.165) is 7.11 Å². The normalized spacial score (nSPS) is 22.0. The molecule has 0 saturated carbocycles. The molecule has 8 nitrogen and oxygen atoms in total. The SMILES string of the molecule is COC(=O)[C@@H]1C[C@H](NC(C)=O)C(=O)N1C(=O)OC(C)(C)C. The maximum atomic E-state index is 12.2. The van der Waals surface area contributed by atoms with Crippen LogP contribution < -0.4 is 5.32 Å². The molecule has 21 heavy (non-hydrogen) atoms. The van der Waals surface area contributed by atoms with Gasteiger partial charge in [-0.3, -0.25) is 9.59 Å². The number of amides is 3. The number of ether oxygens (including phenoxy) is 2. The molecule has 1 saturated heterocycles. The highest BCUT2D eigenvalue weighted by atomic mass is 16.6. The third kappa shape index (κ3) is 4.17. The van der Waals surface area contributed by atoms with E-state index in [0.29, 0.717) is 4.90 Å². The third-order valence-corrected chi connectivity index (χ3v) is 2.75. The monoisotopic (exact) mass is 300 g/mol. The van der Waals surface area contributed by atoms with Crippen LogP contribution in [-0.4, -0.2) is 53.6 Å². The van der Waals surface area contributed by atoms with E-state index in [1.807, 2.05) is 0 Å². The first-order valence-electron chi connectivity index (χ1n) is 6.48. The number of esters is 1. The van der Waals surface area contributed by atoms with Crippen molar-refractivity contribution >= 4 is 23.9 Å². The summed E-state index contributed by atoms with van der Waals surface area (Å²) in [5.41, 5.74) is -0.815. The Morgan fingerprint density at radius 1 is 1.29 bits per heavy atom. The Bertz CT molecular complexity index is 468. The lowest BCUT2D eigenvalue weighted by molar-refractivity contribution is -0.148. The van der Waals surface area contributed by atoms with E-state index in [-0.39, 0.29) is 6.42 Å². The molecule has 0 spiro atoms. The van der Waals surface area contributed by atoms with Crippen LogP contribution in [0.3, 0.4) is 0 Å². The topological polar surface area (TPSA) is 102 Å². The van der Waals surface area contributed by atoms with E-state index in [2.05, 4.69) is 10.1 Å². The van der Waals surface area contributed by atoms with Crippen LogP contribution in [-0.2, 0) is 23.9 Å². The van der Waals surface area contributed by atoms with Crippen LogP contribution in [0.5, 0.6) is 0 Å². The van der Waals surface area contributed by atoms with Gasteiger partial charge in [-0.25, -0.2) is 14.5 Å². The maximum Gasteiger partial charge on any atom is 0.417 e. The zero-order valence-corrected chi connectivity index (χ0v) is 12.8. The maximum absolute atomic E-state index is 12.2. The molecule has 0 aliphatic carbocycles. The molecule has 1 rings (SSSR count). The van der Waals surface area contributed by atoms with Crippen molar-refractivity contribution in [1.82, 2.24) is 10.2 Å². The van der Waals surface area contributed by atoms with Crippen LogP contribution in [0, 0.1) is 0 Å². The Kier molecular flexibility index (Phi) is 4.93. The molecule has 3 amide bonds. The van der Waals surface area contributed by atoms with Crippen molar-refractivity contribution in [2.75, 3.05) is 7.11 Å². The van der Waals surface area contributed by atoms with Crippen LogP contribution in [0.2, 0.25) is 0 Å². The quantitative estimate of drug-likeness (QED) is 0.731. The van der Waals surface area contributed by atoms with Gasteiger partial charge in [0.15, 0.2) is 0 Å². The molecule has 1 fully saturated rings. The fraction of sp³-hybridized carbons (Fsp3) is 0.692. The minimum absolute atomic E-state index is 0.0374. The first-order valence-corrected chi connectivity index (χ1v) is 6.48. The summed E-state index contributed by atoms with van der Waals surface area (Å²) >= 11 is 0. The van der Waals surface area contributed by atoms with Gasteiger partial charge in [0, 0.05) is 13.3 Å². The molecule has 0 bridgehead atoms. The van der Waals surface area contributed by atoms with Crippen LogP contribution >= 0.6 is 0 Å². The highest BCUT2D eigenvalue weighted by molar-refractivity contribution is 6.03. The lowest BCUT2D eigenvalue weighted by Crippen LogP contribution is -2.47. The van der Waals surface area contributed by atoms with Gasteiger partial charge < -0.3 is 14.8 Å². The molecule has 1 aliphatic heterocycles. The number of carbonyl (C=O) groups is 4. The molecule has 0 aromatic carbocycles. The van der Waals surface area contributed by atoms with Crippen molar-refractivity contribution < 1.29 is 28.7 Å². The molecule has 118 valence electrons. The number of hydrogen-bond donors (Lipinski definition) is 1. The van der Waals surface area contributed by atoms with E-state index in [1.165, 1.54) is 6.92 Å². The molecule has 0 aromatic rings. The Morgan fingerprint density at radius 2 is 1.86 bits per heavy atom. The first-order chi connectivity index (χ1) is 9.56. The average Bonchev–Trinajstić information content (AvgIpc) is 2.63. The van der Waals surface area contributed by atoms with Crippen molar-refractivity contribution in [3.05, 3.63) is 0 Å². The fourth-order valence-corrected chi connectivity index (χ4v) is 1.98. The predicted molar refractivity (Wildman–Crippen MR) is 71.1 cm³/mol. The minimum Gasteiger partial charge on any atom is -0.467 e. The summed E-state index contributed by atoms with van der Waals surface area (Å²) in [5.74, 6) is -1.85. The molecule has 1 N–H and O–H groups in total. The minimum atomic E-state index is -1.10. The molecule has 0 aromatic heterocycles. The van der Waals surface area contributed by atoms with Gasteiger partial charge in [-0.1, -0.05) is 0 Å². The van der Waals surface area contributed by atoms with E-state index in [9.17, 15) is 19.2 Å². The summed E-state index contributed by atoms with van der Waals surface area (Å²) in [7, 11) is 1.16. The molecule has 0 radical (unpaired) electrons. The Labute approximate surface area is 122 Å². The number of rotatable bonds is 2. The highest BCUT2D eigenvalue weighted by Gasteiger charge is 2.49. The Balaban J connectivity index is 3.00. The highest BCUT2D eigenvalue weighted by Crippen LogP contribution is 2.23. The summed E-state index contributed by atoms with van der Waals surface area (Å²) < 4.78 is 9.71. The van der Waals surface area contributed by atoms with Gasteiger partial charge in [-0.15, -0.1) is 0 Å². The van der Waals surface area contributed by atoms with Crippen LogP contribution in [0.4, 0.5) is 4.79 Å². The van der Waals surface area contributed by atoms with Gasteiger partial charge in [-0.2, -0.15) is 0 Å². The molecular weight excluding hydrogens is 280 g/mol. The van der Waals surface area contributed by atoms with E-state index >= 15 is 0 Å². The predicted octanol–water partition coefficient (Wildman–Crippen LogP) is 0.200. The molecule has 8 heteroatoms. The van der Waals surface area contributed by atoms with Crippen LogP contribution in [0.15, 0.2) is 0 Å². The summed E-state index contributed by atoms with van der Waals surface area (Å²) in [6.07, 6.45) is -0.972. The fourth-order valence-electron chi connectivity index (χ4n) is 1.98. The Hall–Kier alpha value is -2.12. The van der Waals surface area contributed by atoms with E-state index < -0.39 is 41.6 Å². The van der Waals surface area contributed by atoms with Gasteiger partial charge in [0.2, 0.25) is 5.91 Å². The van der Waals surface area contributed by atoms with Crippen molar-refractivity contribution in [1.29, 1.82) is 0 Å². The number of likely N-dealkylation sites (tertiary alicyclic amines) is 1. The smallest absolute Gasteiger partial charge is 0.417 e. The third-order valence-electron chi connectivity index (χ3n) is 2.75. The second-order valence-electron chi connectivity index (χ2n) is 5.72. The lowest BCUT2D eigenvalue weighted by Gasteiger charge is -2.26. The van der Waals surface area contributed by atoms with Gasteiger partial charge in [0.1, 0.15) is 17.7 Å². The zero-order valence-electron chi connectivity index (χ0n) is 12.8. The van der Waals surface area contributed by atoms with Crippen molar-refractivity contribution in [2.45, 2.75) is 51.8 Å². The molecule has 0 unspecified atom stereocenters. The largest absolute Gasteiger partial charge is 0.467 e. The van der Waals surface area contributed by atoms with E-state index in [1.54, 1.807) is 20.8 Å². The van der Waals surface area contributed by atoms with Gasteiger partial charge in [0.05, 0.1) is 7.11 Å². The average molecular weight is 300 g/mol. The van der Waals surface area contributed by atoms with Crippen LogP contribution in [0.25, 0.3) is 0 Å². The second-order valence-corrected chi connectivity index (χ2v) is 5.72. The molecular formula is C13H20N2O6. The summed E-state index contributed by atoms with van der Waals surface area (Å²) in [6.45, 7) is 6.17. The van der Waals surface area contributed by atoms with Gasteiger partial charge >= 0.3 is 12.1 Å². The number of methoxy groups -OCH3 is 1. The molecule has 1 aliphatic rings. The van der Waals surface area contributed by atoms with Gasteiger partial charge in [0.25, 0.3) is 5.91 Å². The van der Waals surface area contributed by atoms with Crippen molar-refractivity contribution in [3.8, 4) is 0 Å². The van der Waals surface area contributed by atoms with Gasteiger partial charge in [-0.05, 0) is 20.8 Å². The van der Waals surface area contributed by atoms with Crippen molar-refractivity contribution in [3.63, 3.8) is 0 Å². The standard InChI is InChI=1S/C13H20N2O6/c1-7(16)14-8-6-9(11(18)20-5)15(10(8)17)12(19)21-13(2,3)4/h8-9H,6H2,1-5H3,(H,14,16)/t8-,9-/m0/s1. The van der Waals surface area contributed by atoms with Crippen LogP contribution in [0.1, 0.15) is 34.1 Å². The summed E-state index contributed by atoms with van der Waals surface area (Å²) in [4.78, 5) is 47.8. The molecule has 1 heterocycles. The first kappa shape index (κ1) is 16.9. The number of nitrogens with one attached hydrogen (secondary N) is 1. The van der Waals surface area contributed by atoms with E-state index in [4.69, 9.17) is 4.74 Å². The number of carbonyl (C=O) groups excluding carboxylic acids is 4. The second kappa shape index (κ2) is 6.11. The number of nitrogens with zero attached hydrogens (tertiary/aromatic N) is 1. The van der Waals surface area contributed by atoms with Crippen molar-refractivity contribution in [2.24, 2.45) is 0 Å². The number of hydrogen-bond acceptors (Lipinski definition) is 6. The number of imide groups is 1.